The molecule has 22 heavy (non-hydrogen) atoms. The zero-order chi connectivity index (χ0) is 16.4. The fraction of sp³-hybridized carbons (Fsp3) is 0.750. The molecule has 0 unspecified atom stereocenters. The van der Waals surface area contributed by atoms with E-state index < -0.39 is 5.60 Å². The number of aliphatic imine (C=N–C) groups is 1. The van der Waals surface area contributed by atoms with E-state index in [2.05, 4.69) is 33.1 Å². The molecular formula is C16H30N4O2. The first kappa shape index (κ1) is 18.3. The molecule has 0 saturated carbocycles. The van der Waals surface area contributed by atoms with Crippen LogP contribution >= 0.6 is 0 Å². The van der Waals surface area contributed by atoms with Gasteiger partial charge in [0.25, 0.3) is 0 Å². The average molecular weight is 310 g/mol. The first-order valence-electron chi connectivity index (χ1n) is 8.07. The number of hydrogen-bond donors (Lipinski definition) is 3. The Morgan fingerprint density at radius 3 is 2.55 bits per heavy atom. The van der Waals surface area contributed by atoms with Crippen LogP contribution in [0.3, 0.4) is 0 Å². The van der Waals surface area contributed by atoms with E-state index in [1.807, 2.05) is 27.7 Å². The minimum absolute atomic E-state index is 0.376. The summed E-state index contributed by atoms with van der Waals surface area (Å²) in [5, 5.41) is 9.39. The second-order valence-electron chi connectivity index (χ2n) is 6.33. The van der Waals surface area contributed by atoms with Crippen LogP contribution in [-0.2, 0) is 4.74 Å². The normalized spacial score (nSPS) is 15.7. The van der Waals surface area contributed by atoms with Crippen molar-refractivity contribution < 1.29 is 9.53 Å². The van der Waals surface area contributed by atoms with Gasteiger partial charge in [-0.05, 0) is 47.0 Å². The quantitative estimate of drug-likeness (QED) is 0.304. The SMILES string of the molecule is CCNC(=NCCCNC(=O)OC(C)(C)C)NC1CC=CC1. The molecule has 0 bridgehead atoms. The molecule has 1 amide bonds. The molecule has 0 aliphatic heterocycles. The monoisotopic (exact) mass is 310 g/mol. The number of carbonyl (C=O) groups is 1. The molecule has 0 radical (unpaired) electrons. The highest BCUT2D eigenvalue weighted by atomic mass is 16.6. The second kappa shape index (κ2) is 9.33. The van der Waals surface area contributed by atoms with Crippen molar-refractivity contribution in [1.82, 2.24) is 16.0 Å². The van der Waals surface area contributed by atoms with E-state index in [4.69, 9.17) is 4.74 Å². The Labute approximate surface area is 133 Å². The second-order valence-corrected chi connectivity index (χ2v) is 6.33. The summed E-state index contributed by atoms with van der Waals surface area (Å²) < 4.78 is 5.18. The number of alkyl carbamates (subject to hydrolysis) is 1. The van der Waals surface area contributed by atoms with E-state index in [0.29, 0.717) is 19.1 Å². The maximum Gasteiger partial charge on any atom is 0.407 e. The summed E-state index contributed by atoms with van der Waals surface area (Å²) in [7, 11) is 0. The van der Waals surface area contributed by atoms with E-state index in [1.54, 1.807) is 0 Å². The fourth-order valence-electron chi connectivity index (χ4n) is 2.02. The minimum atomic E-state index is -0.459. The van der Waals surface area contributed by atoms with Gasteiger partial charge in [0.05, 0.1) is 0 Å². The fourth-order valence-corrected chi connectivity index (χ4v) is 2.02. The van der Waals surface area contributed by atoms with Crippen molar-refractivity contribution in [2.45, 2.75) is 58.6 Å². The average Bonchev–Trinajstić information content (AvgIpc) is 2.89. The van der Waals surface area contributed by atoms with E-state index in [1.165, 1.54) is 0 Å². The first-order valence-corrected chi connectivity index (χ1v) is 8.07. The lowest BCUT2D eigenvalue weighted by Crippen LogP contribution is -2.42. The van der Waals surface area contributed by atoms with Crippen molar-refractivity contribution in [3.8, 4) is 0 Å². The lowest BCUT2D eigenvalue weighted by Gasteiger charge is -2.19. The number of nitrogens with one attached hydrogen (secondary N) is 3. The largest absolute Gasteiger partial charge is 0.444 e. The molecule has 1 rings (SSSR count). The van der Waals surface area contributed by atoms with Gasteiger partial charge >= 0.3 is 6.09 Å². The minimum Gasteiger partial charge on any atom is -0.444 e. The van der Waals surface area contributed by atoms with Gasteiger partial charge in [-0.1, -0.05) is 12.2 Å². The van der Waals surface area contributed by atoms with Gasteiger partial charge in [0, 0.05) is 25.7 Å². The Morgan fingerprint density at radius 2 is 1.95 bits per heavy atom. The zero-order valence-corrected chi connectivity index (χ0v) is 14.2. The standard InChI is InChI=1S/C16H30N4O2/c1-5-17-14(20-13-9-6-7-10-13)18-11-8-12-19-15(21)22-16(2,3)4/h6-7,13H,5,8-12H2,1-4H3,(H,19,21)(H2,17,18,20). The number of amides is 1. The van der Waals surface area contributed by atoms with E-state index in [9.17, 15) is 4.79 Å². The molecule has 6 heteroatoms. The number of hydrogen-bond acceptors (Lipinski definition) is 3. The van der Waals surface area contributed by atoms with E-state index in [0.717, 1.165) is 31.8 Å². The molecule has 6 nitrogen and oxygen atoms in total. The van der Waals surface area contributed by atoms with Gasteiger partial charge in [0.15, 0.2) is 5.96 Å². The van der Waals surface area contributed by atoms with Crippen molar-refractivity contribution in [3.63, 3.8) is 0 Å². The molecule has 1 aliphatic rings. The predicted octanol–water partition coefficient (Wildman–Crippen LogP) is 2.17. The Hall–Kier alpha value is -1.72. The molecule has 0 fully saturated rings. The number of ether oxygens (including phenoxy) is 1. The Kier molecular flexibility index (Phi) is 7.77. The van der Waals surface area contributed by atoms with Gasteiger partial charge in [-0.25, -0.2) is 4.79 Å². The maximum atomic E-state index is 11.5. The molecule has 0 spiro atoms. The molecule has 0 aromatic heterocycles. The Bertz CT molecular complexity index is 391. The molecule has 0 aromatic carbocycles. The Balaban J connectivity index is 2.21. The third-order valence-corrected chi connectivity index (χ3v) is 2.97. The van der Waals surface area contributed by atoms with E-state index >= 15 is 0 Å². The van der Waals surface area contributed by atoms with Crippen molar-refractivity contribution in [1.29, 1.82) is 0 Å². The first-order chi connectivity index (χ1) is 10.4. The highest BCUT2D eigenvalue weighted by Crippen LogP contribution is 2.08. The zero-order valence-electron chi connectivity index (χ0n) is 14.2. The highest BCUT2D eigenvalue weighted by molar-refractivity contribution is 5.80. The summed E-state index contributed by atoms with van der Waals surface area (Å²) in [6, 6.07) is 0.442. The number of rotatable bonds is 6. The van der Waals surface area contributed by atoms with Gasteiger partial charge < -0.3 is 20.7 Å². The molecule has 0 saturated heterocycles. The van der Waals surface area contributed by atoms with Crippen LogP contribution in [0.15, 0.2) is 17.1 Å². The van der Waals surface area contributed by atoms with Crippen LogP contribution < -0.4 is 16.0 Å². The topological polar surface area (TPSA) is 74.8 Å². The highest BCUT2D eigenvalue weighted by Gasteiger charge is 2.15. The number of nitrogens with zero attached hydrogens (tertiary/aromatic N) is 1. The van der Waals surface area contributed by atoms with Gasteiger partial charge in [-0.3, -0.25) is 4.99 Å². The van der Waals surface area contributed by atoms with Crippen LogP contribution in [0.1, 0.15) is 47.0 Å². The summed E-state index contributed by atoms with van der Waals surface area (Å²) in [5.74, 6) is 0.841. The molecular weight excluding hydrogens is 280 g/mol. The Morgan fingerprint density at radius 1 is 1.27 bits per heavy atom. The molecule has 0 atom stereocenters. The van der Waals surface area contributed by atoms with Crippen LogP contribution in [0.25, 0.3) is 0 Å². The molecule has 3 N–H and O–H groups in total. The summed E-state index contributed by atoms with van der Waals surface area (Å²) in [5.41, 5.74) is -0.459. The van der Waals surface area contributed by atoms with Crippen molar-refractivity contribution >= 4 is 12.1 Å². The maximum absolute atomic E-state index is 11.5. The van der Waals surface area contributed by atoms with Crippen molar-refractivity contribution in [2.24, 2.45) is 4.99 Å². The summed E-state index contributed by atoms with van der Waals surface area (Å²) in [4.78, 5) is 16.0. The van der Waals surface area contributed by atoms with Gasteiger partial charge in [0.1, 0.15) is 5.60 Å². The molecule has 1 aliphatic carbocycles. The lowest BCUT2D eigenvalue weighted by atomic mass is 10.2. The van der Waals surface area contributed by atoms with Crippen LogP contribution in [0.4, 0.5) is 4.79 Å². The molecule has 126 valence electrons. The third kappa shape index (κ3) is 8.54. The number of guanidine groups is 1. The van der Waals surface area contributed by atoms with Gasteiger partial charge in [-0.15, -0.1) is 0 Å². The molecule has 0 heterocycles. The van der Waals surface area contributed by atoms with Crippen molar-refractivity contribution in [3.05, 3.63) is 12.2 Å². The van der Waals surface area contributed by atoms with Crippen molar-refractivity contribution in [2.75, 3.05) is 19.6 Å². The third-order valence-electron chi connectivity index (χ3n) is 2.97. The predicted molar refractivity (Wildman–Crippen MR) is 90.1 cm³/mol. The van der Waals surface area contributed by atoms with E-state index in [-0.39, 0.29) is 6.09 Å². The van der Waals surface area contributed by atoms with Gasteiger partial charge in [0.2, 0.25) is 0 Å². The lowest BCUT2D eigenvalue weighted by molar-refractivity contribution is 0.0527. The smallest absolute Gasteiger partial charge is 0.407 e. The van der Waals surface area contributed by atoms with Gasteiger partial charge in [-0.2, -0.15) is 0 Å². The van der Waals surface area contributed by atoms with Crippen LogP contribution in [-0.4, -0.2) is 43.3 Å². The van der Waals surface area contributed by atoms with Crippen LogP contribution in [0.2, 0.25) is 0 Å². The number of carbonyl (C=O) groups excluding carboxylic acids is 1. The molecule has 0 aromatic rings. The summed E-state index contributed by atoms with van der Waals surface area (Å²) >= 11 is 0. The van der Waals surface area contributed by atoms with Crippen LogP contribution in [0, 0.1) is 0 Å². The summed E-state index contributed by atoms with van der Waals surface area (Å²) in [6.45, 7) is 9.65. The summed E-state index contributed by atoms with van der Waals surface area (Å²) in [6.07, 6.45) is 6.87. The van der Waals surface area contributed by atoms with Crippen LogP contribution in [0.5, 0.6) is 0 Å².